The summed E-state index contributed by atoms with van der Waals surface area (Å²) in [5.74, 6) is 0.278. The van der Waals surface area contributed by atoms with Gasteiger partial charge in [-0.25, -0.2) is 9.97 Å². The third-order valence-corrected chi connectivity index (χ3v) is 5.91. The predicted molar refractivity (Wildman–Crippen MR) is 110 cm³/mol. The zero-order valence-corrected chi connectivity index (χ0v) is 16.0. The van der Waals surface area contributed by atoms with E-state index in [9.17, 15) is 4.79 Å². The summed E-state index contributed by atoms with van der Waals surface area (Å²) in [4.78, 5) is 20.9. The Balaban J connectivity index is 1.45. The van der Waals surface area contributed by atoms with Crippen LogP contribution >= 0.6 is 23.3 Å². The van der Waals surface area contributed by atoms with Crippen LogP contribution in [-0.4, -0.2) is 26.0 Å². The number of aromatic nitrogens is 3. The average molecular weight is 393 g/mol. The van der Waals surface area contributed by atoms with Gasteiger partial charge in [-0.15, -0.1) is 0 Å². The summed E-state index contributed by atoms with van der Waals surface area (Å²) in [7, 11) is 0. The molecular weight excluding hydrogens is 376 g/mol. The molecule has 7 heteroatoms. The van der Waals surface area contributed by atoms with E-state index in [4.69, 9.17) is 0 Å². The van der Waals surface area contributed by atoms with E-state index in [2.05, 4.69) is 19.7 Å². The van der Waals surface area contributed by atoms with E-state index >= 15 is 0 Å². The zero-order chi connectivity index (χ0) is 18.5. The Morgan fingerprint density at radius 3 is 2.52 bits per heavy atom. The number of fused-ring (bicyclic) bond motifs is 1. The molecule has 2 aromatic carbocycles. The summed E-state index contributed by atoms with van der Waals surface area (Å²) in [6.07, 6.45) is 1.54. The monoisotopic (exact) mass is 392 g/mol. The highest BCUT2D eigenvalue weighted by molar-refractivity contribution is 8.00. The molecule has 1 N–H and O–H groups in total. The molecule has 0 radical (unpaired) electrons. The summed E-state index contributed by atoms with van der Waals surface area (Å²) in [6, 6.07) is 19.8. The number of carbonyl (C=O) groups is 1. The first-order chi connectivity index (χ1) is 13.3. The van der Waals surface area contributed by atoms with E-state index in [1.165, 1.54) is 29.6 Å². The molecule has 5 nitrogen and oxygen atoms in total. The van der Waals surface area contributed by atoms with E-state index in [-0.39, 0.29) is 5.91 Å². The minimum atomic E-state index is -0.0246. The summed E-state index contributed by atoms with van der Waals surface area (Å²) in [5.41, 5.74) is 3.79. The molecule has 0 aliphatic carbocycles. The van der Waals surface area contributed by atoms with Crippen molar-refractivity contribution in [3.8, 4) is 11.3 Å². The minimum Gasteiger partial charge on any atom is -0.351 e. The average Bonchev–Trinajstić information content (AvgIpc) is 3.17. The second-order valence-corrected chi connectivity index (χ2v) is 7.54. The van der Waals surface area contributed by atoms with Gasteiger partial charge in [-0.05, 0) is 17.1 Å². The van der Waals surface area contributed by atoms with E-state index in [1.54, 1.807) is 0 Å². The van der Waals surface area contributed by atoms with Gasteiger partial charge < -0.3 is 5.32 Å². The Bertz CT molecular complexity index is 1050. The van der Waals surface area contributed by atoms with Crippen molar-refractivity contribution in [1.29, 1.82) is 0 Å². The van der Waals surface area contributed by atoms with Gasteiger partial charge >= 0.3 is 0 Å². The van der Waals surface area contributed by atoms with Crippen molar-refractivity contribution in [2.45, 2.75) is 11.6 Å². The molecule has 4 rings (SSSR count). The molecule has 1 amide bonds. The molecule has 2 aromatic heterocycles. The molecule has 27 heavy (non-hydrogen) atoms. The van der Waals surface area contributed by atoms with Crippen molar-refractivity contribution in [1.82, 2.24) is 19.7 Å². The van der Waals surface area contributed by atoms with Crippen LogP contribution in [0.2, 0.25) is 0 Å². The predicted octanol–water partition coefficient (Wildman–Crippen LogP) is 4.16. The number of thioether (sulfide) groups is 1. The second kappa shape index (κ2) is 8.28. The van der Waals surface area contributed by atoms with Crippen LogP contribution in [0.1, 0.15) is 5.56 Å². The number of hydrogen-bond acceptors (Lipinski definition) is 6. The summed E-state index contributed by atoms with van der Waals surface area (Å²) in [6.45, 7) is 0.526. The zero-order valence-electron chi connectivity index (χ0n) is 14.3. The number of carbonyl (C=O) groups excluding carboxylic acids is 1. The number of amides is 1. The maximum atomic E-state index is 12.2. The number of nitrogens with zero attached hydrogens (tertiary/aromatic N) is 3. The molecule has 0 atom stereocenters. The van der Waals surface area contributed by atoms with Gasteiger partial charge in [0.25, 0.3) is 0 Å². The first-order valence-electron chi connectivity index (χ1n) is 8.40. The molecule has 134 valence electrons. The van der Waals surface area contributed by atoms with Crippen molar-refractivity contribution >= 4 is 39.4 Å². The van der Waals surface area contributed by atoms with Crippen LogP contribution in [0.15, 0.2) is 72.0 Å². The highest BCUT2D eigenvalue weighted by atomic mass is 32.2. The first-order valence-corrected chi connectivity index (χ1v) is 10.2. The van der Waals surface area contributed by atoms with Gasteiger partial charge in [0.2, 0.25) is 5.91 Å². The van der Waals surface area contributed by atoms with Crippen molar-refractivity contribution < 1.29 is 4.79 Å². The number of benzene rings is 2. The van der Waals surface area contributed by atoms with Crippen LogP contribution in [0.4, 0.5) is 0 Å². The molecule has 0 saturated heterocycles. The fourth-order valence-electron chi connectivity index (χ4n) is 2.61. The molecule has 0 aliphatic heterocycles. The maximum absolute atomic E-state index is 12.2. The minimum absolute atomic E-state index is 0.0246. The van der Waals surface area contributed by atoms with Crippen LogP contribution in [-0.2, 0) is 11.3 Å². The Morgan fingerprint density at radius 1 is 1.00 bits per heavy atom. The van der Waals surface area contributed by atoms with Gasteiger partial charge in [0.05, 0.1) is 5.75 Å². The maximum Gasteiger partial charge on any atom is 0.230 e. The lowest BCUT2D eigenvalue weighted by Crippen LogP contribution is -2.24. The van der Waals surface area contributed by atoms with Gasteiger partial charge in [-0.2, -0.15) is 4.37 Å². The van der Waals surface area contributed by atoms with Gasteiger partial charge in [0.1, 0.15) is 27.3 Å². The largest absolute Gasteiger partial charge is 0.351 e. The van der Waals surface area contributed by atoms with Crippen molar-refractivity contribution in [2.75, 3.05) is 5.75 Å². The van der Waals surface area contributed by atoms with Gasteiger partial charge in [-0.3, -0.25) is 4.79 Å². The van der Waals surface area contributed by atoms with E-state index in [0.717, 1.165) is 32.1 Å². The molecule has 0 saturated carbocycles. The van der Waals surface area contributed by atoms with Crippen molar-refractivity contribution in [3.05, 3.63) is 72.6 Å². The number of hydrogen-bond donors (Lipinski definition) is 1. The molecule has 2 heterocycles. The first kappa shape index (κ1) is 17.6. The van der Waals surface area contributed by atoms with Crippen molar-refractivity contribution in [3.63, 3.8) is 0 Å². The molecule has 0 spiro atoms. The third-order valence-electron chi connectivity index (χ3n) is 3.94. The quantitative estimate of drug-likeness (QED) is 0.394. The summed E-state index contributed by atoms with van der Waals surface area (Å²) < 4.78 is 5.47. The molecular formula is C20H16N4OS2. The van der Waals surface area contributed by atoms with Gasteiger partial charge in [-0.1, -0.05) is 72.4 Å². The van der Waals surface area contributed by atoms with Gasteiger partial charge in [0.15, 0.2) is 0 Å². The highest BCUT2D eigenvalue weighted by Gasteiger charge is 2.15. The highest BCUT2D eigenvalue weighted by Crippen LogP contribution is 2.34. The Labute approximate surface area is 165 Å². The molecule has 0 bridgehead atoms. The molecule has 0 aliphatic rings. The molecule has 0 unspecified atom stereocenters. The van der Waals surface area contributed by atoms with Crippen molar-refractivity contribution in [2.24, 2.45) is 0 Å². The molecule has 0 fully saturated rings. The number of rotatable bonds is 6. The fraction of sp³-hybridized carbons (Fsp3) is 0.100. The van der Waals surface area contributed by atoms with Crippen LogP contribution in [0.5, 0.6) is 0 Å². The van der Waals surface area contributed by atoms with Crippen LogP contribution < -0.4 is 5.32 Å². The van der Waals surface area contributed by atoms with E-state index in [1.807, 2.05) is 60.7 Å². The smallest absolute Gasteiger partial charge is 0.230 e. The fourth-order valence-corrected chi connectivity index (χ4v) is 4.36. The standard InChI is InChI=1S/C20H16N4OS2/c25-16(21-11-14-7-3-1-4-8-14)12-26-20-19-18(22-13-23-20)17(24-27-19)15-9-5-2-6-10-15/h1-10,13H,11-12H2,(H,21,25). The third kappa shape index (κ3) is 4.15. The SMILES string of the molecule is O=C(CSc1ncnc2c(-c3ccccc3)nsc12)NCc1ccccc1. The topological polar surface area (TPSA) is 67.8 Å². The Morgan fingerprint density at radius 2 is 1.74 bits per heavy atom. The summed E-state index contributed by atoms with van der Waals surface area (Å²) in [5, 5.41) is 3.72. The Kier molecular flexibility index (Phi) is 5.41. The second-order valence-electron chi connectivity index (χ2n) is 5.80. The van der Waals surface area contributed by atoms with Crippen LogP contribution in [0, 0.1) is 0 Å². The summed E-state index contributed by atoms with van der Waals surface area (Å²) >= 11 is 2.78. The van der Waals surface area contributed by atoms with E-state index in [0.29, 0.717) is 12.3 Å². The normalized spacial score (nSPS) is 10.8. The van der Waals surface area contributed by atoms with E-state index < -0.39 is 0 Å². The van der Waals surface area contributed by atoms with Gasteiger partial charge in [0, 0.05) is 12.1 Å². The lowest BCUT2D eigenvalue weighted by Gasteiger charge is -2.05. The Hall–Kier alpha value is -2.77. The van der Waals surface area contributed by atoms with Crippen LogP contribution in [0.3, 0.4) is 0 Å². The molecule has 4 aromatic rings. The number of nitrogens with one attached hydrogen (secondary N) is 1. The lowest BCUT2D eigenvalue weighted by molar-refractivity contribution is -0.118. The lowest BCUT2D eigenvalue weighted by atomic mass is 10.1. The van der Waals surface area contributed by atoms with Crippen LogP contribution in [0.25, 0.3) is 21.5 Å².